The topological polar surface area (TPSA) is 107 Å². The smallest absolute Gasteiger partial charge is 0.320 e. The first-order valence-electron chi connectivity index (χ1n) is 10.8. The molecule has 10 heteroatoms. The first kappa shape index (κ1) is 21.1. The molecule has 2 fully saturated rings. The molecule has 2 N–H and O–H groups in total. The van der Waals surface area contributed by atoms with E-state index in [4.69, 9.17) is 4.74 Å². The van der Waals surface area contributed by atoms with Crippen LogP contribution in [0.2, 0.25) is 0 Å². The first-order chi connectivity index (χ1) is 15.2. The molecular formula is C21H29N7O3. The van der Waals surface area contributed by atoms with E-state index in [0.717, 1.165) is 37.6 Å². The average Bonchev–Trinajstić information content (AvgIpc) is 3.07. The van der Waals surface area contributed by atoms with Crippen LogP contribution in [0.25, 0.3) is 0 Å². The van der Waals surface area contributed by atoms with Gasteiger partial charge in [0, 0.05) is 45.8 Å². The number of nitrogens with one attached hydrogen (secondary N) is 1. The Balaban J connectivity index is 1.40. The Hall–Kier alpha value is -3.14. The lowest BCUT2D eigenvalue weighted by Gasteiger charge is -2.36. The number of rotatable bonds is 6. The van der Waals surface area contributed by atoms with E-state index in [1.54, 1.807) is 6.33 Å². The molecule has 2 aliphatic heterocycles. The zero-order valence-electron chi connectivity index (χ0n) is 17.8. The Kier molecular flexibility index (Phi) is 6.66. The molecule has 2 saturated heterocycles. The monoisotopic (exact) mass is 427 g/mol. The van der Waals surface area contributed by atoms with Crippen molar-refractivity contribution in [2.24, 2.45) is 0 Å². The number of hydrogen-bond donors (Lipinski definition) is 2. The van der Waals surface area contributed by atoms with E-state index in [-0.39, 0.29) is 0 Å². The normalized spacial score (nSPS) is 19.8. The number of benzene rings is 1. The number of piperazine rings is 1. The van der Waals surface area contributed by atoms with Crippen LogP contribution in [-0.4, -0.2) is 84.5 Å². The summed E-state index contributed by atoms with van der Waals surface area (Å²) in [6, 6.07) is 7.61. The molecule has 1 aromatic carbocycles. The lowest BCUT2D eigenvalue weighted by Crippen LogP contribution is -2.47. The molecule has 166 valence electrons. The van der Waals surface area contributed by atoms with E-state index in [0.29, 0.717) is 44.6 Å². The van der Waals surface area contributed by atoms with E-state index in [1.807, 2.05) is 30.0 Å². The summed E-state index contributed by atoms with van der Waals surface area (Å²) in [5.74, 6) is 1.36. The van der Waals surface area contributed by atoms with Gasteiger partial charge in [-0.2, -0.15) is 4.98 Å². The molecule has 0 radical (unpaired) electrons. The highest BCUT2D eigenvalue weighted by Gasteiger charge is 2.25. The number of aromatic nitrogens is 3. The largest absolute Gasteiger partial charge is 0.492 e. The number of aliphatic carboxylic acids is 1. The van der Waals surface area contributed by atoms with Gasteiger partial charge in [-0.25, -0.2) is 9.97 Å². The zero-order chi connectivity index (χ0) is 21.6. The van der Waals surface area contributed by atoms with E-state index in [1.165, 1.54) is 0 Å². The second-order valence-electron chi connectivity index (χ2n) is 7.58. The predicted octanol–water partition coefficient (Wildman–Crippen LogP) is 0.850. The summed E-state index contributed by atoms with van der Waals surface area (Å²) in [5.41, 5.74) is 1.12. The van der Waals surface area contributed by atoms with Crippen LogP contribution in [0.3, 0.4) is 0 Å². The Morgan fingerprint density at radius 3 is 2.45 bits per heavy atom. The molecule has 31 heavy (non-hydrogen) atoms. The van der Waals surface area contributed by atoms with Gasteiger partial charge in [-0.15, -0.1) is 0 Å². The minimum absolute atomic E-state index is 0.508. The van der Waals surface area contributed by atoms with Crippen molar-refractivity contribution >= 4 is 23.6 Å². The maximum Gasteiger partial charge on any atom is 0.320 e. The second-order valence-corrected chi connectivity index (χ2v) is 7.58. The Bertz CT molecular complexity index is 889. The molecule has 1 atom stereocenters. The van der Waals surface area contributed by atoms with E-state index >= 15 is 0 Å². The number of carbonyl (C=O) groups is 1. The fourth-order valence-electron chi connectivity index (χ4n) is 4.01. The highest BCUT2D eigenvalue weighted by molar-refractivity contribution is 5.73. The third-order valence-corrected chi connectivity index (χ3v) is 5.66. The minimum Gasteiger partial charge on any atom is -0.492 e. The van der Waals surface area contributed by atoms with E-state index in [9.17, 15) is 9.90 Å². The van der Waals surface area contributed by atoms with Gasteiger partial charge in [0.2, 0.25) is 11.9 Å². The van der Waals surface area contributed by atoms with Crippen LogP contribution in [0.4, 0.5) is 17.6 Å². The third kappa shape index (κ3) is 4.96. The van der Waals surface area contributed by atoms with Crippen LogP contribution < -0.4 is 24.8 Å². The van der Waals surface area contributed by atoms with Crippen molar-refractivity contribution in [1.29, 1.82) is 0 Å². The molecule has 0 saturated carbocycles. The standard InChI is InChI=1S/C21H29N7O3/c1-2-31-18-6-4-3-5-17(18)26-11-13-28(14-12-26)21-24-15-23-20(25-21)27-9-7-16(19(29)30)22-8-10-27/h3-6,15-16,22H,2,7-14H2,1H3,(H,29,30). The number of hydrogen-bond acceptors (Lipinski definition) is 9. The van der Waals surface area contributed by atoms with Crippen molar-refractivity contribution in [1.82, 2.24) is 20.3 Å². The van der Waals surface area contributed by atoms with Crippen LogP contribution in [0.1, 0.15) is 13.3 Å². The predicted molar refractivity (Wildman–Crippen MR) is 118 cm³/mol. The van der Waals surface area contributed by atoms with Gasteiger partial charge in [0.05, 0.1) is 12.3 Å². The zero-order valence-corrected chi connectivity index (χ0v) is 17.8. The molecular weight excluding hydrogens is 398 g/mol. The molecule has 2 aliphatic rings. The Morgan fingerprint density at radius 2 is 1.74 bits per heavy atom. The summed E-state index contributed by atoms with van der Waals surface area (Å²) in [5, 5.41) is 12.3. The van der Waals surface area contributed by atoms with Crippen molar-refractivity contribution in [3.63, 3.8) is 0 Å². The van der Waals surface area contributed by atoms with Gasteiger partial charge >= 0.3 is 5.97 Å². The van der Waals surface area contributed by atoms with Crippen molar-refractivity contribution in [3.8, 4) is 5.75 Å². The Labute approximate surface area is 181 Å². The van der Waals surface area contributed by atoms with Gasteiger partial charge in [0.15, 0.2) is 0 Å². The molecule has 0 bridgehead atoms. The SMILES string of the molecule is CCOc1ccccc1N1CCN(c2ncnc(N3CCNC(C(=O)O)CC3)n2)CC1. The minimum atomic E-state index is -0.818. The van der Waals surface area contributed by atoms with Crippen molar-refractivity contribution in [3.05, 3.63) is 30.6 Å². The lowest BCUT2D eigenvalue weighted by molar-refractivity contribution is -0.139. The Morgan fingerprint density at radius 1 is 1.06 bits per heavy atom. The number of anilines is 3. The molecule has 10 nitrogen and oxygen atoms in total. The fourth-order valence-corrected chi connectivity index (χ4v) is 4.01. The summed E-state index contributed by atoms with van der Waals surface area (Å²) < 4.78 is 5.78. The van der Waals surface area contributed by atoms with E-state index in [2.05, 4.69) is 36.1 Å². The quantitative estimate of drug-likeness (QED) is 0.689. The molecule has 1 unspecified atom stereocenters. The van der Waals surface area contributed by atoms with Crippen LogP contribution in [0.5, 0.6) is 5.75 Å². The highest BCUT2D eigenvalue weighted by Crippen LogP contribution is 2.29. The van der Waals surface area contributed by atoms with Gasteiger partial charge in [0.1, 0.15) is 18.1 Å². The fraction of sp³-hybridized carbons (Fsp3) is 0.524. The number of para-hydroxylation sites is 2. The van der Waals surface area contributed by atoms with Gasteiger partial charge in [-0.05, 0) is 25.5 Å². The summed E-state index contributed by atoms with van der Waals surface area (Å²) >= 11 is 0. The molecule has 2 aromatic rings. The second kappa shape index (κ2) is 9.78. The lowest BCUT2D eigenvalue weighted by atomic mass is 10.2. The molecule has 4 rings (SSSR count). The van der Waals surface area contributed by atoms with Crippen LogP contribution in [0, 0.1) is 0 Å². The molecule has 1 aromatic heterocycles. The summed E-state index contributed by atoms with van der Waals surface area (Å²) in [6.45, 7) is 7.76. The van der Waals surface area contributed by atoms with Gasteiger partial charge in [-0.3, -0.25) is 4.79 Å². The van der Waals surface area contributed by atoms with Gasteiger partial charge in [-0.1, -0.05) is 12.1 Å². The van der Waals surface area contributed by atoms with Crippen LogP contribution in [-0.2, 0) is 4.79 Å². The van der Waals surface area contributed by atoms with E-state index < -0.39 is 12.0 Å². The van der Waals surface area contributed by atoms with Crippen molar-refractivity contribution in [2.45, 2.75) is 19.4 Å². The average molecular weight is 428 g/mol. The number of ether oxygens (including phenoxy) is 1. The maximum absolute atomic E-state index is 11.3. The highest BCUT2D eigenvalue weighted by atomic mass is 16.5. The number of carboxylic acids is 1. The first-order valence-corrected chi connectivity index (χ1v) is 10.8. The molecule has 0 aliphatic carbocycles. The van der Waals surface area contributed by atoms with Gasteiger partial charge < -0.3 is 29.9 Å². The maximum atomic E-state index is 11.3. The third-order valence-electron chi connectivity index (χ3n) is 5.66. The van der Waals surface area contributed by atoms with Crippen molar-refractivity contribution < 1.29 is 14.6 Å². The van der Waals surface area contributed by atoms with Crippen LogP contribution in [0.15, 0.2) is 30.6 Å². The molecule has 0 spiro atoms. The summed E-state index contributed by atoms with van der Waals surface area (Å²) in [4.78, 5) is 31.2. The van der Waals surface area contributed by atoms with Gasteiger partial charge in [0.25, 0.3) is 0 Å². The van der Waals surface area contributed by atoms with Crippen molar-refractivity contribution in [2.75, 3.05) is 67.1 Å². The summed E-state index contributed by atoms with van der Waals surface area (Å²) in [7, 11) is 0. The molecule has 3 heterocycles. The molecule has 0 amide bonds. The summed E-state index contributed by atoms with van der Waals surface area (Å²) in [6.07, 6.45) is 2.05. The van der Waals surface area contributed by atoms with Crippen LogP contribution >= 0.6 is 0 Å². The number of nitrogens with zero attached hydrogens (tertiary/aromatic N) is 6. The number of carboxylic acid groups (broad SMARTS) is 1.